The minimum Gasteiger partial charge on any atom is -0.345 e. The molecule has 0 spiro atoms. The molecule has 0 aliphatic carbocycles. The number of pyridine rings is 1. The van der Waals surface area contributed by atoms with E-state index in [1.807, 2.05) is 30.5 Å². The lowest BCUT2D eigenvalue weighted by Gasteiger charge is -2.13. The third kappa shape index (κ3) is 3.14. The van der Waals surface area contributed by atoms with Crippen LogP contribution in [0.5, 0.6) is 0 Å². The second-order valence-corrected chi connectivity index (χ2v) is 5.43. The summed E-state index contributed by atoms with van der Waals surface area (Å²) < 4.78 is 0.934. The summed E-state index contributed by atoms with van der Waals surface area (Å²) in [6.45, 7) is 1.95. The van der Waals surface area contributed by atoms with E-state index in [0.29, 0.717) is 4.88 Å². The van der Waals surface area contributed by atoms with Gasteiger partial charge in [-0.25, -0.2) is 0 Å². The van der Waals surface area contributed by atoms with Gasteiger partial charge < -0.3 is 5.32 Å². The fraction of sp³-hybridized carbons (Fsp3) is 0.167. The maximum absolute atomic E-state index is 11.9. The lowest BCUT2D eigenvalue weighted by Crippen LogP contribution is -2.25. The van der Waals surface area contributed by atoms with E-state index >= 15 is 0 Å². The molecule has 0 aliphatic rings. The van der Waals surface area contributed by atoms with Crippen LogP contribution in [-0.2, 0) is 0 Å². The van der Waals surface area contributed by atoms with E-state index in [4.69, 9.17) is 0 Å². The molecule has 0 saturated heterocycles. The molecule has 1 atom stereocenters. The number of hydrogen-bond acceptors (Lipinski definition) is 3. The molecule has 5 heteroatoms. The van der Waals surface area contributed by atoms with Gasteiger partial charge in [0, 0.05) is 22.2 Å². The molecule has 2 rings (SSSR count). The number of hydrogen-bond donors (Lipinski definition) is 1. The summed E-state index contributed by atoms with van der Waals surface area (Å²) in [6.07, 6.45) is 3.44. The van der Waals surface area contributed by atoms with Crippen LogP contribution in [0.25, 0.3) is 0 Å². The molecule has 3 nitrogen and oxygen atoms in total. The van der Waals surface area contributed by atoms with Crippen LogP contribution in [0.3, 0.4) is 0 Å². The number of carbonyl (C=O) groups is 1. The summed E-state index contributed by atoms with van der Waals surface area (Å²) in [5.41, 5.74) is 1.05. The lowest BCUT2D eigenvalue weighted by molar-refractivity contribution is 0.0944. The highest BCUT2D eigenvalue weighted by atomic mass is 79.9. The Morgan fingerprint density at radius 1 is 1.47 bits per heavy atom. The highest BCUT2D eigenvalue weighted by molar-refractivity contribution is 9.10. The summed E-state index contributed by atoms with van der Waals surface area (Å²) in [5.74, 6) is -0.0509. The van der Waals surface area contributed by atoms with Crippen molar-refractivity contribution in [2.24, 2.45) is 0 Å². The van der Waals surface area contributed by atoms with Crippen molar-refractivity contribution in [3.05, 3.63) is 50.9 Å². The first-order chi connectivity index (χ1) is 8.16. The minimum atomic E-state index is -0.0509. The quantitative estimate of drug-likeness (QED) is 0.944. The lowest BCUT2D eigenvalue weighted by atomic mass is 10.1. The first-order valence-electron chi connectivity index (χ1n) is 5.11. The zero-order valence-corrected chi connectivity index (χ0v) is 11.6. The van der Waals surface area contributed by atoms with E-state index in [0.717, 1.165) is 10.0 Å². The molecule has 2 heterocycles. The van der Waals surface area contributed by atoms with Gasteiger partial charge in [0.2, 0.25) is 0 Å². The van der Waals surface area contributed by atoms with Gasteiger partial charge in [-0.2, -0.15) is 0 Å². The molecule has 0 saturated carbocycles. The van der Waals surface area contributed by atoms with Gasteiger partial charge in [-0.1, -0.05) is 0 Å². The number of nitrogens with zero attached hydrogens (tertiary/aromatic N) is 1. The standard InChI is InChI=1S/C12H11BrN2OS/c1-8(9-2-4-14-5-3-9)15-12(16)11-6-10(13)7-17-11/h2-8H,1H3,(H,15,16)/t8-/m0/s1. The van der Waals surface area contributed by atoms with E-state index in [2.05, 4.69) is 26.2 Å². The maximum atomic E-state index is 11.9. The van der Waals surface area contributed by atoms with Gasteiger partial charge in [0.1, 0.15) is 0 Å². The predicted molar refractivity (Wildman–Crippen MR) is 72.1 cm³/mol. The largest absolute Gasteiger partial charge is 0.345 e. The summed E-state index contributed by atoms with van der Waals surface area (Å²) in [5, 5.41) is 4.84. The molecule has 88 valence electrons. The van der Waals surface area contributed by atoms with Crippen molar-refractivity contribution in [2.45, 2.75) is 13.0 Å². The monoisotopic (exact) mass is 310 g/mol. The van der Waals surface area contributed by atoms with Crippen LogP contribution in [0, 0.1) is 0 Å². The van der Waals surface area contributed by atoms with Gasteiger partial charge in [0.25, 0.3) is 5.91 Å². The number of carbonyl (C=O) groups excluding carboxylic acids is 1. The fourth-order valence-corrected chi connectivity index (χ4v) is 2.76. The molecule has 0 aliphatic heterocycles. The van der Waals surface area contributed by atoms with Gasteiger partial charge in [-0.05, 0) is 46.6 Å². The van der Waals surface area contributed by atoms with Gasteiger partial charge in [-0.3, -0.25) is 9.78 Å². The van der Waals surface area contributed by atoms with Crippen LogP contribution < -0.4 is 5.32 Å². The summed E-state index contributed by atoms with van der Waals surface area (Å²) in [6, 6.07) is 5.59. The molecule has 2 aromatic heterocycles. The second-order valence-electron chi connectivity index (χ2n) is 3.60. The predicted octanol–water partition coefficient (Wildman–Crippen LogP) is 3.40. The zero-order valence-electron chi connectivity index (χ0n) is 9.18. The van der Waals surface area contributed by atoms with Crippen molar-refractivity contribution >= 4 is 33.2 Å². The molecule has 0 unspecified atom stereocenters. The van der Waals surface area contributed by atoms with Crippen LogP contribution in [-0.4, -0.2) is 10.9 Å². The topological polar surface area (TPSA) is 42.0 Å². The number of rotatable bonds is 3. The van der Waals surface area contributed by atoms with Crippen molar-refractivity contribution in [3.8, 4) is 0 Å². The summed E-state index contributed by atoms with van der Waals surface area (Å²) in [4.78, 5) is 16.6. The fourth-order valence-electron chi connectivity index (χ4n) is 1.44. The Labute approximate surface area is 112 Å². The Kier molecular flexibility index (Phi) is 3.91. The first kappa shape index (κ1) is 12.3. The summed E-state index contributed by atoms with van der Waals surface area (Å²) in [7, 11) is 0. The van der Waals surface area contributed by atoms with Gasteiger partial charge >= 0.3 is 0 Å². The molecule has 0 aromatic carbocycles. The van der Waals surface area contributed by atoms with Crippen molar-refractivity contribution in [1.29, 1.82) is 0 Å². The van der Waals surface area contributed by atoms with Crippen LogP contribution >= 0.6 is 27.3 Å². The van der Waals surface area contributed by atoms with Gasteiger partial charge in [0.05, 0.1) is 10.9 Å². The third-order valence-corrected chi connectivity index (χ3v) is 4.03. The molecule has 2 aromatic rings. The van der Waals surface area contributed by atoms with Crippen molar-refractivity contribution in [1.82, 2.24) is 10.3 Å². The number of amides is 1. The van der Waals surface area contributed by atoms with E-state index < -0.39 is 0 Å². The van der Waals surface area contributed by atoms with Crippen molar-refractivity contribution < 1.29 is 4.79 Å². The summed E-state index contributed by atoms with van der Waals surface area (Å²) >= 11 is 4.76. The highest BCUT2D eigenvalue weighted by Gasteiger charge is 2.12. The van der Waals surface area contributed by atoms with Crippen LogP contribution in [0.15, 0.2) is 40.4 Å². The third-order valence-electron chi connectivity index (χ3n) is 2.34. The van der Waals surface area contributed by atoms with E-state index in [9.17, 15) is 4.79 Å². The van der Waals surface area contributed by atoms with Crippen molar-refractivity contribution in [2.75, 3.05) is 0 Å². The Hall–Kier alpha value is -1.20. The average Bonchev–Trinajstić information content (AvgIpc) is 2.77. The Morgan fingerprint density at radius 3 is 2.76 bits per heavy atom. The maximum Gasteiger partial charge on any atom is 0.261 e. The van der Waals surface area contributed by atoms with E-state index in [1.54, 1.807) is 12.4 Å². The van der Waals surface area contributed by atoms with Gasteiger partial charge in [-0.15, -0.1) is 11.3 Å². The Morgan fingerprint density at radius 2 is 2.18 bits per heavy atom. The Balaban J connectivity index is 2.04. The molecular weight excluding hydrogens is 300 g/mol. The highest BCUT2D eigenvalue weighted by Crippen LogP contribution is 2.20. The molecule has 17 heavy (non-hydrogen) atoms. The number of nitrogens with one attached hydrogen (secondary N) is 1. The number of halogens is 1. The zero-order chi connectivity index (χ0) is 12.3. The number of thiophene rings is 1. The van der Waals surface area contributed by atoms with Crippen LogP contribution in [0.4, 0.5) is 0 Å². The van der Waals surface area contributed by atoms with E-state index in [1.165, 1.54) is 11.3 Å². The minimum absolute atomic E-state index is 0.0219. The average molecular weight is 311 g/mol. The smallest absolute Gasteiger partial charge is 0.261 e. The molecule has 1 amide bonds. The molecule has 0 radical (unpaired) electrons. The Bertz CT molecular complexity index is 512. The van der Waals surface area contributed by atoms with E-state index in [-0.39, 0.29) is 11.9 Å². The van der Waals surface area contributed by atoms with Crippen LogP contribution in [0.2, 0.25) is 0 Å². The molecular formula is C12H11BrN2OS. The normalized spacial score (nSPS) is 12.1. The first-order valence-corrected chi connectivity index (χ1v) is 6.79. The van der Waals surface area contributed by atoms with Crippen molar-refractivity contribution in [3.63, 3.8) is 0 Å². The molecule has 0 bridgehead atoms. The molecule has 0 fully saturated rings. The molecule has 1 N–H and O–H groups in total. The van der Waals surface area contributed by atoms with Crippen LogP contribution in [0.1, 0.15) is 28.2 Å². The van der Waals surface area contributed by atoms with Gasteiger partial charge in [0.15, 0.2) is 0 Å². The SMILES string of the molecule is C[C@H](NC(=O)c1cc(Br)cs1)c1ccncc1. The second kappa shape index (κ2) is 5.42. The number of aromatic nitrogens is 1.